The average molecular weight is 339 g/mol. The van der Waals surface area contributed by atoms with Crippen LogP contribution in [0.1, 0.15) is 45.1 Å². The van der Waals surface area contributed by atoms with Crippen molar-refractivity contribution in [2.45, 2.75) is 51.6 Å². The van der Waals surface area contributed by atoms with E-state index in [-0.39, 0.29) is 5.78 Å². The Kier molecular flexibility index (Phi) is 5.39. The Hall–Kier alpha value is -0.670. The molecule has 20 heavy (non-hydrogen) atoms. The second kappa shape index (κ2) is 6.86. The summed E-state index contributed by atoms with van der Waals surface area (Å²) in [6, 6.07) is 7.98. The van der Waals surface area contributed by atoms with Crippen molar-refractivity contribution in [1.82, 2.24) is 0 Å². The summed E-state index contributed by atoms with van der Waals surface area (Å²) in [5.41, 5.74) is 0.519. The second-order valence-electron chi connectivity index (χ2n) is 5.84. The quantitative estimate of drug-likeness (QED) is 0.787. The normalized spacial score (nSPS) is 26.4. The molecule has 2 rings (SSSR count). The number of ketones is 1. The van der Waals surface area contributed by atoms with Gasteiger partial charge in [-0.2, -0.15) is 0 Å². The van der Waals surface area contributed by atoms with Crippen LogP contribution in [0, 0.1) is 5.92 Å². The van der Waals surface area contributed by atoms with Gasteiger partial charge in [0.1, 0.15) is 5.60 Å². The van der Waals surface area contributed by atoms with Crippen LogP contribution in [0.25, 0.3) is 0 Å². The minimum atomic E-state index is -0.538. The molecule has 0 aliphatic heterocycles. The first kappa shape index (κ1) is 15.7. The van der Waals surface area contributed by atoms with Crippen LogP contribution in [0.4, 0.5) is 0 Å². The Morgan fingerprint density at radius 2 is 2.10 bits per heavy atom. The molecule has 1 fully saturated rings. The van der Waals surface area contributed by atoms with Crippen LogP contribution < -0.4 is 0 Å². The van der Waals surface area contributed by atoms with Gasteiger partial charge in [-0.15, -0.1) is 0 Å². The van der Waals surface area contributed by atoms with E-state index in [1.807, 2.05) is 31.2 Å². The molecule has 0 atom stereocenters. The highest BCUT2D eigenvalue weighted by Gasteiger charge is 2.41. The Morgan fingerprint density at radius 1 is 1.40 bits per heavy atom. The molecule has 0 heterocycles. The maximum absolute atomic E-state index is 12.8. The van der Waals surface area contributed by atoms with Crippen LogP contribution >= 0.6 is 15.9 Å². The van der Waals surface area contributed by atoms with Crippen LogP contribution in [0.5, 0.6) is 0 Å². The van der Waals surface area contributed by atoms with E-state index in [0.717, 1.165) is 35.7 Å². The fraction of sp³-hybridized carbons (Fsp3) is 0.588. The van der Waals surface area contributed by atoms with Gasteiger partial charge in [-0.1, -0.05) is 35.0 Å². The lowest BCUT2D eigenvalue weighted by atomic mass is 9.76. The maximum Gasteiger partial charge on any atom is 0.168 e. The zero-order valence-electron chi connectivity index (χ0n) is 12.3. The van der Waals surface area contributed by atoms with Crippen LogP contribution in [0.2, 0.25) is 0 Å². The molecule has 1 aliphatic carbocycles. The number of carbonyl (C=O) groups excluding carboxylic acids is 1. The van der Waals surface area contributed by atoms with Gasteiger partial charge in [0, 0.05) is 17.5 Å². The van der Waals surface area contributed by atoms with E-state index in [1.54, 1.807) is 0 Å². The van der Waals surface area contributed by atoms with Crippen LogP contribution in [-0.4, -0.2) is 18.0 Å². The van der Waals surface area contributed by atoms with Gasteiger partial charge in [0.15, 0.2) is 5.78 Å². The van der Waals surface area contributed by atoms with Gasteiger partial charge in [0.05, 0.1) is 0 Å². The summed E-state index contributed by atoms with van der Waals surface area (Å²) in [7, 11) is 0. The summed E-state index contributed by atoms with van der Waals surface area (Å²) in [5.74, 6) is 0.951. The molecule has 0 saturated heterocycles. The van der Waals surface area contributed by atoms with E-state index in [4.69, 9.17) is 4.74 Å². The SMILES string of the molecule is CCOC1(C(=O)Cc2cccc(Br)c2)CCC(C)CC1. The molecule has 1 aliphatic rings. The van der Waals surface area contributed by atoms with Gasteiger partial charge in [0.25, 0.3) is 0 Å². The highest BCUT2D eigenvalue weighted by Crippen LogP contribution is 2.36. The minimum absolute atomic E-state index is 0.240. The van der Waals surface area contributed by atoms with Gasteiger partial charge in [-0.3, -0.25) is 4.79 Å². The van der Waals surface area contributed by atoms with Crippen LogP contribution in [0.3, 0.4) is 0 Å². The van der Waals surface area contributed by atoms with Gasteiger partial charge in [-0.05, 0) is 56.2 Å². The standard InChI is InChI=1S/C17H23BrO2/c1-3-20-17(9-7-13(2)8-10-17)16(19)12-14-5-4-6-15(18)11-14/h4-6,11,13H,3,7-10,12H2,1-2H3. The van der Waals surface area contributed by atoms with Crippen molar-refractivity contribution < 1.29 is 9.53 Å². The summed E-state index contributed by atoms with van der Waals surface area (Å²) in [6.07, 6.45) is 4.38. The number of Topliss-reactive ketones (excluding diaryl/α,β-unsaturated/α-hetero) is 1. The van der Waals surface area contributed by atoms with Gasteiger partial charge >= 0.3 is 0 Å². The number of rotatable bonds is 5. The molecule has 1 saturated carbocycles. The average Bonchev–Trinajstić information content (AvgIpc) is 2.42. The number of ether oxygens (including phenoxy) is 1. The first-order valence-corrected chi connectivity index (χ1v) is 8.27. The molecule has 0 radical (unpaired) electrons. The number of hydrogen-bond donors (Lipinski definition) is 0. The van der Waals surface area contributed by atoms with Crippen molar-refractivity contribution in [3.63, 3.8) is 0 Å². The lowest BCUT2D eigenvalue weighted by Crippen LogP contribution is -2.45. The molecule has 0 N–H and O–H groups in total. The van der Waals surface area contributed by atoms with E-state index >= 15 is 0 Å². The third-order valence-corrected chi connectivity index (χ3v) is 4.76. The molecule has 1 aromatic rings. The molecule has 0 bridgehead atoms. The van der Waals surface area contributed by atoms with Crippen molar-refractivity contribution in [3.05, 3.63) is 34.3 Å². The van der Waals surface area contributed by atoms with E-state index in [0.29, 0.717) is 18.9 Å². The monoisotopic (exact) mass is 338 g/mol. The van der Waals surface area contributed by atoms with Gasteiger partial charge < -0.3 is 4.74 Å². The van der Waals surface area contributed by atoms with E-state index in [2.05, 4.69) is 22.9 Å². The molecular formula is C17H23BrO2. The molecule has 0 unspecified atom stereocenters. The van der Waals surface area contributed by atoms with E-state index in [1.165, 1.54) is 0 Å². The Bertz CT molecular complexity index is 462. The van der Waals surface area contributed by atoms with Gasteiger partial charge in [0.2, 0.25) is 0 Å². The van der Waals surface area contributed by atoms with Crippen molar-refractivity contribution in [2.24, 2.45) is 5.92 Å². The maximum atomic E-state index is 12.8. The number of benzene rings is 1. The fourth-order valence-electron chi connectivity index (χ4n) is 3.00. The minimum Gasteiger partial charge on any atom is -0.367 e. The fourth-order valence-corrected chi connectivity index (χ4v) is 3.45. The van der Waals surface area contributed by atoms with Gasteiger partial charge in [-0.25, -0.2) is 0 Å². The summed E-state index contributed by atoms with van der Waals surface area (Å²) in [6.45, 7) is 4.85. The molecule has 0 amide bonds. The van der Waals surface area contributed by atoms with E-state index in [9.17, 15) is 4.79 Å². The lowest BCUT2D eigenvalue weighted by Gasteiger charge is -2.38. The third kappa shape index (κ3) is 3.70. The zero-order valence-corrected chi connectivity index (χ0v) is 13.9. The highest BCUT2D eigenvalue weighted by atomic mass is 79.9. The Balaban J connectivity index is 2.11. The highest BCUT2D eigenvalue weighted by molar-refractivity contribution is 9.10. The second-order valence-corrected chi connectivity index (χ2v) is 6.76. The lowest BCUT2D eigenvalue weighted by molar-refractivity contribution is -0.149. The van der Waals surface area contributed by atoms with Crippen LogP contribution in [-0.2, 0) is 16.0 Å². The largest absolute Gasteiger partial charge is 0.367 e. The molecule has 1 aromatic carbocycles. The number of carbonyl (C=O) groups is 1. The van der Waals surface area contributed by atoms with Crippen molar-refractivity contribution in [3.8, 4) is 0 Å². The molecular weight excluding hydrogens is 316 g/mol. The topological polar surface area (TPSA) is 26.3 Å². The van der Waals surface area contributed by atoms with Crippen molar-refractivity contribution in [1.29, 1.82) is 0 Å². The van der Waals surface area contributed by atoms with Crippen molar-refractivity contribution >= 4 is 21.7 Å². The summed E-state index contributed by atoms with van der Waals surface area (Å²) < 4.78 is 6.94. The molecule has 0 aromatic heterocycles. The summed E-state index contributed by atoms with van der Waals surface area (Å²) in [5, 5.41) is 0. The van der Waals surface area contributed by atoms with Crippen LogP contribution in [0.15, 0.2) is 28.7 Å². The first-order valence-electron chi connectivity index (χ1n) is 7.47. The summed E-state index contributed by atoms with van der Waals surface area (Å²) >= 11 is 3.46. The molecule has 0 spiro atoms. The predicted octanol–water partition coefficient (Wildman–Crippen LogP) is 4.55. The molecule has 110 valence electrons. The first-order chi connectivity index (χ1) is 9.55. The molecule has 3 heteroatoms. The Morgan fingerprint density at radius 3 is 2.70 bits per heavy atom. The summed E-state index contributed by atoms with van der Waals surface area (Å²) in [4.78, 5) is 12.8. The predicted molar refractivity (Wildman–Crippen MR) is 84.8 cm³/mol. The van der Waals surface area contributed by atoms with Crippen molar-refractivity contribution in [2.75, 3.05) is 6.61 Å². The van der Waals surface area contributed by atoms with E-state index < -0.39 is 5.60 Å². The number of hydrogen-bond acceptors (Lipinski definition) is 2. The Labute approximate surface area is 130 Å². The number of halogens is 1. The third-order valence-electron chi connectivity index (χ3n) is 4.26. The molecule has 2 nitrogen and oxygen atoms in total. The zero-order chi connectivity index (χ0) is 14.6. The smallest absolute Gasteiger partial charge is 0.168 e.